The fourth-order valence-electron chi connectivity index (χ4n) is 3.72. The van der Waals surface area contributed by atoms with E-state index in [4.69, 9.17) is 10.5 Å². The molecular weight excluding hydrogens is 412 g/mol. The van der Waals surface area contributed by atoms with Crippen LogP contribution in [-0.2, 0) is 14.3 Å². The number of primary amides is 1. The van der Waals surface area contributed by atoms with Gasteiger partial charge in [-0.05, 0) is 38.7 Å². The molecule has 0 aliphatic heterocycles. The molecule has 1 atom stereocenters. The van der Waals surface area contributed by atoms with Gasteiger partial charge in [-0.3, -0.25) is 9.59 Å². The van der Waals surface area contributed by atoms with Crippen LogP contribution in [0.1, 0.15) is 32.6 Å². The predicted octanol–water partition coefficient (Wildman–Crippen LogP) is 1.57. The van der Waals surface area contributed by atoms with Gasteiger partial charge in [-0.25, -0.2) is 9.67 Å². The summed E-state index contributed by atoms with van der Waals surface area (Å²) in [5, 5.41) is 18.2. The van der Waals surface area contributed by atoms with Crippen molar-refractivity contribution >= 4 is 28.7 Å². The van der Waals surface area contributed by atoms with Gasteiger partial charge in [0.05, 0.1) is 18.3 Å². The third kappa shape index (κ3) is 4.26. The summed E-state index contributed by atoms with van der Waals surface area (Å²) < 4.78 is 7.22. The van der Waals surface area contributed by atoms with Crippen LogP contribution in [0.15, 0.2) is 42.7 Å². The predicted molar refractivity (Wildman–Crippen MR) is 117 cm³/mol. The maximum atomic E-state index is 12.3. The molecule has 4 N–H and O–H groups in total. The number of nitrogens with two attached hydrogens (primary N) is 1. The molecule has 4 rings (SSSR count). The van der Waals surface area contributed by atoms with Crippen molar-refractivity contribution in [3.8, 4) is 5.82 Å². The smallest absolute Gasteiger partial charge is 0.324 e. The largest absolute Gasteiger partial charge is 0.462 e. The number of rotatable bonds is 7. The number of nitrogens with one attached hydrogen (secondary N) is 1. The quantitative estimate of drug-likeness (QED) is 0.372. The van der Waals surface area contributed by atoms with E-state index < -0.39 is 23.9 Å². The number of hydrogen-bond acceptors (Lipinski definition) is 8. The Labute approximate surface area is 184 Å². The molecule has 10 heteroatoms. The van der Waals surface area contributed by atoms with Crippen molar-refractivity contribution in [3.05, 3.63) is 42.7 Å². The Morgan fingerprint density at radius 2 is 2.00 bits per heavy atom. The molecule has 1 aliphatic rings. The molecule has 168 valence electrons. The van der Waals surface area contributed by atoms with E-state index in [1.54, 1.807) is 23.1 Å². The molecule has 32 heavy (non-hydrogen) atoms. The van der Waals surface area contributed by atoms with Crippen LogP contribution in [0.3, 0.4) is 0 Å². The van der Waals surface area contributed by atoms with Crippen molar-refractivity contribution in [1.29, 1.82) is 0 Å². The Bertz CT molecular complexity index is 1120. The van der Waals surface area contributed by atoms with Crippen LogP contribution in [-0.4, -0.2) is 55.5 Å². The average molecular weight is 438 g/mol. The van der Waals surface area contributed by atoms with Crippen molar-refractivity contribution in [2.75, 3.05) is 11.9 Å². The topological polar surface area (TPSA) is 145 Å². The third-order valence-corrected chi connectivity index (χ3v) is 5.93. The molecule has 2 aromatic heterocycles. The van der Waals surface area contributed by atoms with Crippen molar-refractivity contribution in [2.24, 2.45) is 11.1 Å². The second-order valence-corrected chi connectivity index (χ2v) is 8.23. The number of carbonyl (C=O) groups is 2. The van der Waals surface area contributed by atoms with Gasteiger partial charge in [0.25, 0.3) is 0 Å². The van der Waals surface area contributed by atoms with Gasteiger partial charge in [-0.1, -0.05) is 18.2 Å². The van der Waals surface area contributed by atoms with E-state index in [9.17, 15) is 14.7 Å². The number of ether oxygens (including phenoxy) is 1. The molecule has 1 aliphatic carbocycles. The number of aliphatic hydroxyl groups excluding tert-OH is 1. The average Bonchev–Trinajstić information content (AvgIpc) is 3.24. The molecular formula is C22H26N6O4. The molecule has 0 radical (unpaired) electrons. The maximum absolute atomic E-state index is 12.3. The molecule has 1 saturated carbocycles. The van der Waals surface area contributed by atoms with Gasteiger partial charge in [-0.15, -0.1) is 0 Å². The van der Waals surface area contributed by atoms with Gasteiger partial charge in [0.2, 0.25) is 11.9 Å². The second kappa shape index (κ2) is 8.91. The second-order valence-electron chi connectivity index (χ2n) is 8.23. The number of fused-ring (bicyclic) bond motifs is 1. The lowest BCUT2D eigenvalue weighted by Gasteiger charge is -2.31. The molecule has 3 aromatic rings. The number of aliphatic hydroxyl groups is 1. The zero-order valence-corrected chi connectivity index (χ0v) is 17.8. The highest BCUT2D eigenvalue weighted by Gasteiger charge is 2.42. The zero-order chi connectivity index (χ0) is 22.7. The fourth-order valence-corrected chi connectivity index (χ4v) is 3.72. The summed E-state index contributed by atoms with van der Waals surface area (Å²) in [6.07, 6.45) is 5.88. The number of nitrogens with zero attached hydrogens (tertiary/aromatic N) is 4. The Hall–Kier alpha value is -3.53. The summed E-state index contributed by atoms with van der Waals surface area (Å²) in [5.74, 6) is -0.515. The SMILES string of the molecule is CC(CO)(C(N)=O)C(=O)OC1CCC(Nc2nccc(-n3ncc4ccccc43)n2)CC1. The van der Waals surface area contributed by atoms with Crippen molar-refractivity contribution in [1.82, 2.24) is 19.7 Å². The van der Waals surface area contributed by atoms with Crippen LogP contribution in [0.5, 0.6) is 0 Å². The fraction of sp³-hybridized carbons (Fsp3) is 0.409. The number of carbonyl (C=O) groups excluding carboxylic acids is 2. The van der Waals surface area contributed by atoms with Gasteiger partial charge in [0, 0.05) is 23.7 Å². The van der Waals surface area contributed by atoms with Gasteiger partial charge in [0.1, 0.15) is 6.10 Å². The minimum Gasteiger partial charge on any atom is -0.462 e. The van der Waals surface area contributed by atoms with Crippen LogP contribution in [0.4, 0.5) is 5.95 Å². The number of para-hydroxylation sites is 1. The van der Waals surface area contributed by atoms with E-state index in [0.29, 0.717) is 24.6 Å². The molecule has 2 heterocycles. The van der Waals surface area contributed by atoms with E-state index in [1.807, 2.05) is 24.3 Å². The van der Waals surface area contributed by atoms with Crippen molar-refractivity contribution < 1.29 is 19.4 Å². The van der Waals surface area contributed by atoms with E-state index in [-0.39, 0.29) is 12.1 Å². The number of benzene rings is 1. The molecule has 10 nitrogen and oxygen atoms in total. The van der Waals surface area contributed by atoms with Crippen LogP contribution >= 0.6 is 0 Å². The molecule has 1 aromatic carbocycles. The lowest BCUT2D eigenvalue weighted by Crippen LogP contribution is -2.47. The molecule has 1 amide bonds. The van der Waals surface area contributed by atoms with E-state index in [2.05, 4.69) is 20.4 Å². The molecule has 0 bridgehead atoms. The Morgan fingerprint density at radius 3 is 2.72 bits per heavy atom. The first kappa shape index (κ1) is 21.7. The highest BCUT2D eigenvalue weighted by Crippen LogP contribution is 2.27. The number of hydrogen-bond donors (Lipinski definition) is 3. The van der Waals surface area contributed by atoms with Crippen molar-refractivity contribution in [2.45, 2.75) is 44.8 Å². The summed E-state index contributed by atoms with van der Waals surface area (Å²) in [4.78, 5) is 32.7. The Balaban J connectivity index is 1.36. The minimum absolute atomic E-state index is 0.120. The Kier molecular flexibility index (Phi) is 6.04. The summed E-state index contributed by atoms with van der Waals surface area (Å²) in [7, 11) is 0. The summed E-state index contributed by atoms with van der Waals surface area (Å²) in [6.45, 7) is 0.606. The highest BCUT2D eigenvalue weighted by molar-refractivity contribution is 6.01. The standard InChI is InChI=1S/C22H26N6O4/c1-22(13-29,19(23)30)20(31)32-16-8-6-15(7-9-16)26-21-24-11-10-18(27-21)28-17-5-3-2-4-14(17)12-25-28/h2-5,10-12,15-16,29H,6-9,13H2,1H3,(H2,23,30)(H,24,26,27). The molecule has 0 saturated heterocycles. The Morgan fingerprint density at radius 1 is 1.25 bits per heavy atom. The van der Waals surface area contributed by atoms with Crippen LogP contribution in [0.2, 0.25) is 0 Å². The summed E-state index contributed by atoms with van der Waals surface area (Å²) in [5.41, 5.74) is 4.48. The monoisotopic (exact) mass is 438 g/mol. The van der Waals surface area contributed by atoms with Crippen molar-refractivity contribution in [3.63, 3.8) is 0 Å². The first-order valence-electron chi connectivity index (χ1n) is 10.6. The summed E-state index contributed by atoms with van der Waals surface area (Å²) >= 11 is 0. The lowest BCUT2D eigenvalue weighted by atomic mass is 9.90. The zero-order valence-electron chi connectivity index (χ0n) is 17.8. The van der Waals surface area contributed by atoms with Crippen LogP contribution < -0.4 is 11.1 Å². The van der Waals surface area contributed by atoms with Gasteiger partial charge < -0.3 is 20.9 Å². The summed E-state index contributed by atoms with van der Waals surface area (Å²) in [6, 6.07) is 9.83. The van der Waals surface area contributed by atoms with E-state index in [1.165, 1.54) is 6.92 Å². The number of esters is 1. The highest BCUT2D eigenvalue weighted by atomic mass is 16.5. The van der Waals surface area contributed by atoms with Gasteiger partial charge >= 0.3 is 5.97 Å². The maximum Gasteiger partial charge on any atom is 0.324 e. The first-order chi connectivity index (χ1) is 15.4. The first-order valence-corrected chi connectivity index (χ1v) is 10.6. The van der Waals surface area contributed by atoms with Crippen LogP contribution in [0.25, 0.3) is 16.7 Å². The minimum atomic E-state index is -1.72. The van der Waals surface area contributed by atoms with Crippen LogP contribution in [0, 0.1) is 5.41 Å². The lowest BCUT2D eigenvalue weighted by molar-refractivity contribution is -0.167. The molecule has 1 fully saturated rings. The number of aromatic nitrogens is 4. The van der Waals surface area contributed by atoms with Gasteiger partial charge in [-0.2, -0.15) is 10.1 Å². The third-order valence-electron chi connectivity index (χ3n) is 5.93. The molecule has 1 unspecified atom stereocenters. The number of amides is 1. The normalized spacial score (nSPS) is 20.4. The van der Waals surface area contributed by atoms with Gasteiger partial charge in [0.15, 0.2) is 11.2 Å². The molecule has 0 spiro atoms. The van der Waals surface area contributed by atoms with E-state index in [0.717, 1.165) is 23.7 Å². The van der Waals surface area contributed by atoms with E-state index >= 15 is 0 Å². The number of anilines is 1.